The Bertz CT molecular complexity index is 3120. The summed E-state index contributed by atoms with van der Waals surface area (Å²) in [6, 6.07) is 14.2. The Morgan fingerprint density at radius 3 is 2.52 bits per heavy atom. The first kappa shape index (κ1) is 40.5. The highest BCUT2D eigenvalue weighted by atomic mass is 79.9. The van der Waals surface area contributed by atoms with Gasteiger partial charge in [-0.3, -0.25) is 28.7 Å². The zero-order valence-electron chi connectivity index (χ0n) is 34.7. The van der Waals surface area contributed by atoms with Crippen LogP contribution in [0.4, 0.5) is 10.1 Å². The molecule has 1 fully saturated rings. The van der Waals surface area contributed by atoms with Crippen molar-refractivity contribution in [2.75, 3.05) is 11.4 Å². The molecule has 9 rings (SSSR count). The van der Waals surface area contributed by atoms with Crippen molar-refractivity contribution < 1.29 is 18.5 Å². The van der Waals surface area contributed by atoms with Crippen molar-refractivity contribution in [1.82, 2.24) is 39.2 Å². The molecule has 5 heterocycles. The van der Waals surface area contributed by atoms with Crippen LogP contribution in [-0.4, -0.2) is 57.5 Å². The van der Waals surface area contributed by atoms with E-state index in [2.05, 4.69) is 76.9 Å². The zero-order valence-corrected chi connectivity index (χ0v) is 36.3. The first-order valence-corrected chi connectivity index (χ1v) is 21.0. The predicted octanol–water partition coefficient (Wildman–Crippen LogP) is 8.38. The van der Waals surface area contributed by atoms with Gasteiger partial charge < -0.3 is 9.47 Å². The molecule has 0 bridgehead atoms. The number of aromatic amines is 1. The van der Waals surface area contributed by atoms with Crippen LogP contribution >= 0.6 is 15.9 Å². The van der Waals surface area contributed by atoms with E-state index in [0.717, 1.165) is 51.1 Å². The third-order valence-corrected chi connectivity index (χ3v) is 12.9. The SMILES string of the molecule is C=CCc1c(C)cc(-n2nc3c(c2C/C=C\N(C(=O)C=C)c2ccc4c(cnn4C)c2)[C@H](C)N(C(=O)c2cc4cc(Br)c(F)cc4n2[C@@]2(c4noc(=O)[nH]4)CC2=C)CC3)cc1C. The van der Waals surface area contributed by atoms with Gasteiger partial charge in [0.25, 0.3) is 11.8 Å². The molecular weight excluding hydrogens is 853 g/mol. The maximum Gasteiger partial charge on any atom is 0.438 e. The number of hydrogen-bond donors (Lipinski definition) is 1. The summed E-state index contributed by atoms with van der Waals surface area (Å²) in [5.41, 5.74) is 8.73. The molecule has 1 N–H and O–H groups in total. The van der Waals surface area contributed by atoms with Crippen molar-refractivity contribution in [1.29, 1.82) is 0 Å². The zero-order chi connectivity index (χ0) is 43.8. The highest BCUT2D eigenvalue weighted by Gasteiger charge is 2.56. The maximum absolute atomic E-state index is 15.3. The molecule has 0 unspecified atom stereocenters. The number of nitrogens with zero attached hydrogens (tertiary/aromatic N) is 8. The summed E-state index contributed by atoms with van der Waals surface area (Å²) in [6.07, 6.45) is 10.5. The van der Waals surface area contributed by atoms with Crippen LogP contribution in [0.1, 0.15) is 69.3 Å². The first-order chi connectivity index (χ1) is 29.7. The van der Waals surface area contributed by atoms with Crippen molar-refractivity contribution in [2.24, 2.45) is 7.05 Å². The topological polar surface area (TPSA) is 140 Å². The van der Waals surface area contributed by atoms with Crippen molar-refractivity contribution in [3.8, 4) is 5.69 Å². The molecule has 62 heavy (non-hydrogen) atoms. The van der Waals surface area contributed by atoms with E-state index in [1.54, 1.807) is 38.7 Å². The molecule has 7 aromatic rings. The summed E-state index contributed by atoms with van der Waals surface area (Å²) in [7, 11) is 1.87. The monoisotopic (exact) mass is 895 g/mol. The number of carbonyl (C=O) groups excluding carboxylic acids is 2. The van der Waals surface area contributed by atoms with Gasteiger partial charge in [0.05, 0.1) is 44.8 Å². The van der Waals surface area contributed by atoms with Crippen LogP contribution in [0.5, 0.6) is 0 Å². The second-order valence-corrected chi connectivity index (χ2v) is 16.8. The van der Waals surface area contributed by atoms with E-state index in [4.69, 9.17) is 9.62 Å². The number of carbonyl (C=O) groups is 2. The number of nitrogens with one attached hydrogen (secondary N) is 1. The number of anilines is 1. The number of allylic oxidation sites excluding steroid dienone is 3. The minimum atomic E-state index is -1.13. The lowest BCUT2D eigenvalue weighted by atomic mass is 9.95. The molecule has 13 nitrogen and oxygen atoms in total. The number of H-pyrrole nitrogens is 1. The minimum absolute atomic E-state index is 0.181. The Morgan fingerprint density at radius 1 is 1.08 bits per heavy atom. The predicted molar refractivity (Wildman–Crippen MR) is 239 cm³/mol. The van der Waals surface area contributed by atoms with Gasteiger partial charge in [-0.1, -0.05) is 30.5 Å². The number of hydrogen-bond acceptors (Lipinski definition) is 7. The molecule has 1 saturated carbocycles. The number of fused-ring (bicyclic) bond motifs is 3. The number of aryl methyl sites for hydroxylation is 3. The summed E-state index contributed by atoms with van der Waals surface area (Å²) in [5.74, 6) is -1.69. The van der Waals surface area contributed by atoms with E-state index in [1.807, 2.05) is 53.9 Å². The molecule has 1 aliphatic carbocycles. The first-order valence-electron chi connectivity index (χ1n) is 20.2. The lowest BCUT2D eigenvalue weighted by Crippen LogP contribution is -2.41. The van der Waals surface area contributed by atoms with Gasteiger partial charge in [0.1, 0.15) is 17.1 Å². The van der Waals surface area contributed by atoms with E-state index in [0.29, 0.717) is 48.0 Å². The van der Waals surface area contributed by atoms with Gasteiger partial charge in [-0.2, -0.15) is 10.2 Å². The molecule has 314 valence electrons. The van der Waals surface area contributed by atoms with Crippen molar-refractivity contribution >= 4 is 55.2 Å². The van der Waals surface area contributed by atoms with Crippen LogP contribution in [0.2, 0.25) is 0 Å². The lowest BCUT2D eigenvalue weighted by molar-refractivity contribution is -0.113. The summed E-state index contributed by atoms with van der Waals surface area (Å²) in [5, 5.41) is 15.1. The molecule has 0 spiro atoms. The molecule has 2 aliphatic rings. The molecule has 2 atom stereocenters. The Morgan fingerprint density at radius 2 is 1.84 bits per heavy atom. The van der Waals surface area contributed by atoms with E-state index >= 15 is 9.18 Å². The van der Waals surface area contributed by atoms with Gasteiger partial charge in [-0.25, -0.2) is 13.9 Å². The van der Waals surface area contributed by atoms with Crippen molar-refractivity contribution in [2.45, 2.75) is 58.0 Å². The van der Waals surface area contributed by atoms with Crippen LogP contribution in [0, 0.1) is 19.7 Å². The number of amides is 2. The molecule has 2 amide bonds. The average molecular weight is 897 g/mol. The van der Waals surface area contributed by atoms with E-state index in [1.165, 1.54) is 17.7 Å². The van der Waals surface area contributed by atoms with Gasteiger partial charge in [-0.15, -0.1) is 6.58 Å². The summed E-state index contributed by atoms with van der Waals surface area (Å²) in [6.45, 7) is 18.4. The standard InChI is InChI=1S/C47H43BrFN9O4/c1-8-11-34-26(3)18-33(19-27(34)4)58-39(12-10-16-56(42(59)9-2)32-13-14-38-31(20-32)25-50-54(38)7)43-29(6)55(17-15-37(43)52-58)44(60)41-22-30-21-35(48)36(49)23-40(30)57(41)47(24-28(47)5)45-51-46(61)62-53-45/h8-10,13-14,16,18-23,25,29H,1-2,5,11-12,15,17,24H2,3-4,6-7H3,(H,51,53,61)/b16-10-/t29-,47-/m0/s1. The smallest absolute Gasteiger partial charge is 0.330 e. The fourth-order valence-electron chi connectivity index (χ4n) is 9.15. The molecule has 15 heteroatoms. The number of halogens is 2. The quantitative estimate of drug-likeness (QED) is 0.102. The third kappa shape index (κ3) is 6.49. The molecule has 0 saturated heterocycles. The third-order valence-electron chi connectivity index (χ3n) is 12.3. The van der Waals surface area contributed by atoms with Gasteiger partial charge >= 0.3 is 5.76 Å². The Labute approximate surface area is 364 Å². The van der Waals surface area contributed by atoms with E-state index in [-0.39, 0.29) is 27.8 Å². The number of aromatic nitrogens is 7. The Kier molecular flexibility index (Phi) is 9.96. The van der Waals surface area contributed by atoms with Crippen LogP contribution in [0.25, 0.3) is 27.5 Å². The Hall–Kier alpha value is -6.87. The minimum Gasteiger partial charge on any atom is -0.330 e. The summed E-state index contributed by atoms with van der Waals surface area (Å²) in [4.78, 5) is 46.8. The van der Waals surface area contributed by atoms with E-state index in [9.17, 15) is 9.59 Å². The molecular formula is C47H43BrFN9O4. The number of rotatable bonds is 11. The largest absolute Gasteiger partial charge is 0.438 e. The van der Waals surface area contributed by atoms with Gasteiger partial charge in [0, 0.05) is 61.1 Å². The second kappa shape index (κ2) is 15.2. The van der Waals surface area contributed by atoms with Gasteiger partial charge in [-0.05, 0) is 120 Å². The molecule has 3 aromatic carbocycles. The van der Waals surface area contributed by atoms with Crippen LogP contribution < -0.4 is 10.7 Å². The van der Waals surface area contributed by atoms with Crippen molar-refractivity contribution in [3.05, 3.63) is 170 Å². The Balaban J connectivity index is 1.15. The molecule has 0 radical (unpaired) electrons. The fourth-order valence-corrected chi connectivity index (χ4v) is 9.51. The van der Waals surface area contributed by atoms with Gasteiger partial charge in [0.2, 0.25) is 0 Å². The summed E-state index contributed by atoms with van der Waals surface area (Å²) >= 11 is 3.31. The second-order valence-electron chi connectivity index (χ2n) is 16.0. The molecule has 4 aromatic heterocycles. The molecule has 1 aliphatic heterocycles. The van der Waals surface area contributed by atoms with Crippen LogP contribution in [0.15, 0.2) is 118 Å². The van der Waals surface area contributed by atoms with E-state index < -0.39 is 23.2 Å². The van der Waals surface area contributed by atoms with Gasteiger partial charge in [0.15, 0.2) is 5.82 Å². The summed E-state index contributed by atoms with van der Waals surface area (Å²) < 4.78 is 25.9. The average Bonchev–Trinajstić information content (AvgIpc) is 3.72. The van der Waals surface area contributed by atoms with Crippen LogP contribution in [-0.2, 0) is 36.6 Å². The van der Waals surface area contributed by atoms with Crippen molar-refractivity contribution in [3.63, 3.8) is 0 Å². The maximum atomic E-state index is 15.3. The van der Waals surface area contributed by atoms with Crippen LogP contribution in [0.3, 0.4) is 0 Å². The highest BCUT2D eigenvalue weighted by Crippen LogP contribution is 2.55. The fraction of sp³-hybridized carbons (Fsp3) is 0.234. The highest BCUT2D eigenvalue weighted by molar-refractivity contribution is 9.10. The lowest BCUT2D eigenvalue weighted by Gasteiger charge is -2.34. The number of benzene rings is 3. The normalized spacial score (nSPS) is 17.3.